The monoisotopic (exact) mass is 555 g/mol. The molecule has 0 saturated heterocycles. The largest absolute Gasteiger partial charge is 0.464 e. The van der Waals surface area contributed by atoms with Gasteiger partial charge in [-0.25, -0.2) is 13.9 Å². The number of nitrogens with zero attached hydrogens (tertiary/aromatic N) is 4. The van der Waals surface area contributed by atoms with Crippen LogP contribution in [0.4, 0.5) is 10.1 Å². The molecule has 1 N–H and O–H groups in total. The SMILES string of the molecule is CCOC(=O)C(Cc1ccc(F)cc1)N(CC(=O)Nc1cc(Cl)ccc1-n1cc(Cl)nn1)C(=O)CCl. The van der Waals surface area contributed by atoms with Gasteiger partial charge in [-0.15, -0.1) is 16.7 Å². The van der Waals surface area contributed by atoms with Crippen LogP contribution in [0.5, 0.6) is 0 Å². The standard InChI is InChI=1S/C23H21Cl3FN5O4/c1-2-36-23(35)19(9-14-3-6-16(27)7-4-14)31(22(34)11-24)13-21(33)28-17-10-15(25)5-8-18(17)32-12-20(26)29-30-32/h3-8,10,12,19H,2,9,11,13H2,1H3,(H,28,33). The zero-order valence-electron chi connectivity index (χ0n) is 19.0. The zero-order valence-corrected chi connectivity index (χ0v) is 21.2. The molecule has 0 saturated carbocycles. The Labute approximate surface area is 221 Å². The van der Waals surface area contributed by atoms with Crippen LogP contribution in [0.1, 0.15) is 12.5 Å². The molecular formula is C23H21Cl3FN5O4. The highest BCUT2D eigenvalue weighted by molar-refractivity contribution is 6.31. The highest BCUT2D eigenvalue weighted by Gasteiger charge is 2.32. The lowest BCUT2D eigenvalue weighted by molar-refractivity contribution is -0.154. The first-order chi connectivity index (χ1) is 17.2. The van der Waals surface area contributed by atoms with Gasteiger partial charge in [0.2, 0.25) is 11.8 Å². The van der Waals surface area contributed by atoms with Gasteiger partial charge in [-0.3, -0.25) is 9.59 Å². The van der Waals surface area contributed by atoms with Gasteiger partial charge in [0.15, 0.2) is 5.15 Å². The molecule has 0 aliphatic rings. The number of hydrogen-bond donors (Lipinski definition) is 1. The fourth-order valence-corrected chi connectivity index (χ4v) is 3.82. The van der Waals surface area contributed by atoms with E-state index in [1.54, 1.807) is 19.1 Å². The summed E-state index contributed by atoms with van der Waals surface area (Å²) in [4.78, 5) is 39.6. The number of carbonyl (C=O) groups excluding carboxylic acids is 3. The Hall–Kier alpha value is -3.21. The number of halogens is 4. The van der Waals surface area contributed by atoms with Gasteiger partial charge >= 0.3 is 5.97 Å². The Balaban J connectivity index is 1.88. The maximum absolute atomic E-state index is 13.4. The molecule has 2 aromatic carbocycles. The second-order valence-electron chi connectivity index (χ2n) is 7.45. The average Bonchev–Trinajstić information content (AvgIpc) is 3.28. The number of amides is 2. The van der Waals surface area contributed by atoms with E-state index < -0.39 is 42.1 Å². The first kappa shape index (κ1) is 27.4. The number of alkyl halides is 1. The molecule has 13 heteroatoms. The molecule has 3 rings (SSSR count). The van der Waals surface area contributed by atoms with Crippen molar-refractivity contribution >= 4 is 58.3 Å². The number of hydrogen-bond acceptors (Lipinski definition) is 6. The topological polar surface area (TPSA) is 106 Å². The van der Waals surface area contributed by atoms with Gasteiger partial charge in [0.1, 0.15) is 24.3 Å². The minimum atomic E-state index is -1.18. The summed E-state index contributed by atoms with van der Waals surface area (Å²) in [6, 6.07) is 8.91. The normalized spacial score (nSPS) is 11.6. The Morgan fingerprint density at radius 3 is 2.50 bits per heavy atom. The van der Waals surface area contributed by atoms with Crippen molar-refractivity contribution < 1.29 is 23.5 Å². The van der Waals surface area contributed by atoms with Crippen LogP contribution < -0.4 is 5.32 Å². The molecule has 0 fully saturated rings. The predicted molar refractivity (Wildman–Crippen MR) is 133 cm³/mol. The lowest BCUT2D eigenvalue weighted by Crippen LogP contribution is -2.50. The molecule has 2 amide bonds. The molecule has 0 bridgehead atoms. The van der Waals surface area contributed by atoms with Crippen LogP contribution in [0.15, 0.2) is 48.7 Å². The molecule has 1 aromatic heterocycles. The van der Waals surface area contributed by atoms with Crippen molar-refractivity contribution in [2.45, 2.75) is 19.4 Å². The van der Waals surface area contributed by atoms with Crippen molar-refractivity contribution in [1.29, 1.82) is 0 Å². The quantitative estimate of drug-likeness (QED) is 0.300. The summed E-state index contributed by atoms with van der Waals surface area (Å²) < 4.78 is 19.8. The van der Waals surface area contributed by atoms with E-state index in [2.05, 4.69) is 15.6 Å². The summed E-state index contributed by atoms with van der Waals surface area (Å²) in [7, 11) is 0. The van der Waals surface area contributed by atoms with E-state index in [1.807, 2.05) is 0 Å². The van der Waals surface area contributed by atoms with Crippen molar-refractivity contribution in [3.8, 4) is 5.69 Å². The van der Waals surface area contributed by atoms with Gasteiger partial charge in [0.25, 0.3) is 0 Å². The van der Waals surface area contributed by atoms with Gasteiger partial charge in [-0.05, 0) is 42.8 Å². The van der Waals surface area contributed by atoms with Crippen LogP contribution in [0.3, 0.4) is 0 Å². The molecule has 0 radical (unpaired) electrons. The van der Waals surface area contributed by atoms with Crippen LogP contribution in [0, 0.1) is 5.82 Å². The first-order valence-corrected chi connectivity index (χ1v) is 11.9. The fourth-order valence-electron chi connectivity index (χ4n) is 3.37. The van der Waals surface area contributed by atoms with Gasteiger partial charge in [-0.1, -0.05) is 40.5 Å². The van der Waals surface area contributed by atoms with Gasteiger partial charge in [0.05, 0.1) is 24.2 Å². The van der Waals surface area contributed by atoms with Crippen molar-refractivity contribution in [3.05, 3.63) is 70.2 Å². The Morgan fingerprint density at radius 1 is 1.17 bits per heavy atom. The van der Waals surface area contributed by atoms with E-state index in [9.17, 15) is 18.8 Å². The smallest absolute Gasteiger partial charge is 0.329 e. The molecule has 1 heterocycles. The summed E-state index contributed by atoms with van der Waals surface area (Å²) in [5.41, 5.74) is 1.23. The fraction of sp³-hybridized carbons (Fsp3) is 0.261. The molecule has 9 nitrogen and oxygen atoms in total. The lowest BCUT2D eigenvalue weighted by atomic mass is 10.0. The average molecular weight is 557 g/mol. The number of benzene rings is 2. The van der Waals surface area contributed by atoms with Crippen molar-refractivity contribution in [2.75, 3.05) is 24.3 Å². The third-order valence-corrected chi connectivity index (χ3v) is 5.61. The minimum Gasteiger partial charge on any atom is -0.464 e. The summed E-state index contributed by atoms with van der Waals surface area (Å²) in [6.07, 6.45) is 1.41. The predicted octanol–water partition coefficient (Wildman–Crippen LogP) is 3.89. The number of nitrogens with one attached hydrogen (secondary N) is 1. The number of ether oxygens (including phenoxy) is 1. The van der Waals surface area contributed by atoms with Crippen molar-refractivity contribution in [1.82, 2.24) is 19.9 Å². The van der Waals surface area contributed by atoms with Crippen LogP contribution in [-0.4, -0.2) is 62.8 Å². The molecule has 36 heavy (non-hydrogen) atoms. The van der Waals surface area contributed by atoms with Gasteiger partial charge < -0.3 is 15.0 Å². The number of esters is 1. The highest BCUT2D eigenvalue weighted by Crippen LogP contribution is 2.25. The maximum atomic E-state index is 13.4. The summed E-state index contributed by atoms with van der Waals surface area (Å²) in [5.74, 6) is -2.97. The van der Waals surface area contributed by atoms with Crippen LogP contribution in [0.2, 0.25) is 10.2 Å². The Bertz CT molecular complexity index is 1240. The Morgan fingerprint density at radius 2 is 1.89 bits per heavy atom. The van der Waals surface area contributed by atoms with Gasteiger partial charge in [-0.2, -0.15) is 0 Å². The van der Waals surface area contributed by atoms with Crippen molar-refractivity contribution in [2.24, 2.45) is 0 Å². The van der Waals surface area contributed by atoms with E-state index >= 15 is 0 Å². The maximum Gasteiger partial charge on any atom is 0.329 e. The van der Waals surface area contributed by atoms with E-state index in [4.69, 9.17) is 39.5 Å². The Kier molecular flexibility index (Phi) is 9.63. The number of aromatic nitrogens is 3. The first-order valence-electron chi connectivity index (χ1n) is 10.7. The molecule has 0 aliphatic carbocycles. The van der Waals surface area contributed by atoms with E-state index in [0.29, 0.717) is 16.3 Å². The number of carbonyl (C=O) groups is 3. The molecule has 190 valence electrons. The molecule has 1 unspecified atom stereocenters. The second-order valence-corrected chi connectivity index (χ2v) is 8.54. The van der Waals surface area contributed by atoms with Crippen LogP contribution in [0.25, 0.3) is 5.69 Å². The molecular weight excluding hydrogens is 536 g/mol. The molecule has 0 aliphatic heterocycles. The third-order valence-electron chi connectivity index (χ3n) is 4.97. The molecule has 3 aromatic rings. The van der Waals surface area contributed by atoms with Gasteiger partial charge in [0, 0.05) is 11.4 Å². The van der Waals surface area contributed by atoms with E-state index in [-0.39, 0.29) is 23.9 Å². The number of rotatable bonds is 10. The summed E-state index contributed by atoms with van der Waals surface area (Å²) in [5, 5.41) is 10.7. The summed E-state index contributed by atoms with van der Waals surface area (Å²) >= 11 is 17.8. The van der Waals surface area contributed by atoms with Crippen LogP contribution >= 0.6 is 34.8 Å². The van der Waals surface area contributed by atoms with Crippen molar-refractivity contribution in [3.63, 3.8) is 0 Å². The highest BCUT2D eigenvalue weighted by atomic mass is 35.5. The molecule has 0 spiro atoms. The van der Waals surface area contributed by atoms with Crippen LogP contribution in [-0.2, 0) is 25.5 Å². The lowest BCUT2D eigenvalue weighted by Gasteiger charge is -2.29. The minimum absolute atomic E-state index is 0.0190. The third kappa shape index (κ3) is 7.16. The zero-order chi connectivity index (χ0) is 26.2. The summed E-state index contributed by atoms with van der Waals surface area (Å²) in [6.45, 7) is 1.14. The molecule has 1 atom stereocenters. The van der Waals surface area contributed by atoms with E-state index in [1.165, 1.54) is 41.2 Å². The number of anilines is 1. The second kappa shape index (κ2) is 12.7. The van der Waals surface area contributed by atoms with E-state index in [0.717, 1.165) is 4.90 Å².